The van der Waals surface area contributed by atoms with Crippen molar-refractivity contribution < 1.29 is 14.3 Å². The zero-order valence-corrected chi connectivity index (χ0v) is 18.1. The van der Waals surface area contributed by atoms with Crippen molar-refractivity contribution in [2.45, 2.75) is 25.0 Å². The maximum absolute atomic E-state index is 11.9. The Morgan fingerprint density at radius 3 is 2.84 bits per heavy atom. The summed E-state index contributed by atoms with van der Waals surface area (Å²) >= 11 is 0. The van der Waals surface area contributed by atoms with Crippen molar-refractivity contribution in [3.05, 3.63) is 42.2 Å². The van der Waals surface area contributed by atoms with E-state index in [1.165, 1.54) is 6.20 Å². The molecule has 3 fully saturated rings. The Morgan fingerprint density at radius 2 is 2.13 bits per heavy atom. The molecule has 0 radical (unpaired) electrons. The Bertz CT molecular complexity index is 843. The van der Waals surface area contributed by atoms with Crippen molar-refractivity contribution in [3.8, 4) is 0 Å². The second-order valence-corrected chi connectivity index (χ2v) is 8.31. The standard InChI is InChI=1S/C22H32N6O3/c1-2-30-21(29)28-15-22(16-28)13-17(14-31-22)26-9-11-27(12-10-26)20-18(5-4-8-25-20)19(24)6-3-7-23/h3-8,17H,2,9-16,23-24H2,1H3/b7-3-,19-6-. The van der Waals surface area contributed by atoms with E-state index in [1.807, 2.05) is 19.1 Å². The summed E-state index contributed by atoms with van der Waals surface area (Å²) in [6, 6.07) is 4.27. The van der Waals surface area contributed by atoms with Gasteiger partial charge in [-0.15, -0.1) is 0 Å². The van der Waals surface area contributed by atoms with Crippen molar-refractivity contribution in [2.24, 2.45) is 11.5 Å². The molecule has 4 heterocycles. The maximum Gasteiger partial charge on any atom is 0.409 e. The lowest BCUT2D eigenvalue weighted by Gasteiger charge is -2.46. The fourth-order valence-electron chi connectivity index (χ4n) is 4.69. The van der Waals surface area contributed by atoms with E-state index in [9.17, 15) is 4.79 Å². The van der Waals surface area contributed by atoms with E-state index in [0.717, 1.165) is 44.0 Å². The molecule has 9 nitrogen and oxygen atoms in total. The molecule has 0 bridgehead atoms. The zero-order chi connectivity index (χ0) is 21.8. The molecule has 3 aliphatic heterocycles. The monoisotopic (exact) mass is 428 g/mol. The molecule has 4 N–H and O–H groups in total. The topological polar surface area (TPSA) is 110 Å². The van der Waals surface area contributed by atoms with E-state index in [-0.39, 0.29) is 11.7 Å². The molecule has 4 rings (SSSR count). The van der Waals surface area contributed by atoms with E-state index in [2.05, 4.69) is 14.8 Å². The SMILES string of the molecule is CCOC(=O)N1CC2(CC(N3CCN(c4ncccc4/C(N)=C/C=C\N)CC3)CO2)C1. The Morgan fingerprint density at radius 1 is 1.35 bits per heavy atom. The number of hydrogen-bond donors (Lipinski definition) is 2. The second-order valence-electron chi connectivity index (χ2n) is 8.31. The third-order valence-corrected chi connectivity index (χ3v) is 6.29. The summed E-state index contributed by atoms with van der Waals surface area (Å²) in [6.07, 6.45) is 7.51. The van der Waals surface area contributed by atoms with Crippen LogP contribution in [0.5, 0.6) is 0 Å². The third-order valence-electron chi connectivity index (χ3n) is 6.29. The number of piperazine rings is 1. The van der Waals surface area contributed by atoms with Crippen LogP contribution in [0.4, 0.5) is 10.6 Å². The number of pyridine rings is 1. The number of rotatable bonds is 5. The quantitative estimate of drug-likeness (QED) is 0.668. The van der Waals surface area contributed by atoms with Gasteiger partial charge in [0.15, 0.2) is 0 Å². The van der Waals surface area contributed by atoms with Crippen LogP contribution in [-0.2, 0) is 9.47 Å². The summed E-state index contributed by atoms with van der Waals surface area (Å²) in [5.41, 5.74) is 13.0. The predicted octanol–water partition coefficient (Wildman–Crippen LogP) is 0.975. The van der Waals surface area contributed by atoms with Gasteiger partial charge in [0.05, 0.1) is 26.3 Å². The first kappa shape index (κ1) is 21.5. The third kappa shape index (κ3) is 4.47. The summed E-state index contributed by atoms with van der Waals surface area (Å²) in [6.45, 7) is 7.83. The van der Waals surface area contributed by atoms with E-state index < -0.39 is 0 Å². The summed E-state index contributed by atoms with van der Waals surface area (Å²) < 4.78 is 11.2. The zero-order valence-electron chi connectivity index (χ0n) is 18.1. The lowest BCUT2D eigenvalue weighted by molar-refractivity contribution is -0.101. The van der Waals surface area contributed by atoms with E-state index in [4.69, 9.17) is 20.9 Å². The van der Waals surface area contributed by atoms with Crippen LogP contribution in [0.3, 0.4) is 0 Å². The van der Waals surface area contributed by atoms with Gasteiger partial charge in [-0.1, -0.05) is 0 Å². The van der Waals surface area contributed by atoms with Crippen molar-refractivity contribution >= 4 is 17.6 Å². The van der Waals surface area contributed by atoms with Gasteiger partial charge in [-0.05, 0) is 43.8 Å². The fourth-order valence-corrected chi connectivity index (χ4v) is 4.69. The lowest BCUT2D eigenvalue weighted by Crippen LogP contribution is -2.63. The molecule has 1 aromatic rings. The van der Waals surface area contributed by atoms with Crippen molar-refractivity contribution in [1.29, 1.82) is 0 Å². The Hall–Kier alpha value is -2.78. The fraction of sp³-hybridized carbons (Fsp3) is 0.545. The van der Waals surface area contributed by atoms with Crippen LogP contribution in [0.1, 0.15) is 18.9 Å². The largest absolute Gasteiger partial charge is 0.450 e. The van der Waals surface area contributed by atoms with Crippen molar-refractivity contribution in [2.75, 3.05) is 57.4 Å². The molecule has 0 aromatic carbocycles. The first-order valence-corrected chi connectivity index (χ1v) is 10.9. The first-order chi connectivity index (χ1) is 15.0. The molecule has 9 heteroatoms. The molecule has 3 saturated heterocycles. The smallest absolute Gasteiger partial charge is 0.409 e. The van der Waals surface area contributed by atoms with Gasteiger partial charge < -0.3 is 30.7 Å². The molecular formula is C22H32N6O3. The number of hydrogen-bond acceptors (Lipinski definition) is 8. The van der Waals surface area contributed by atoms with Crippen LogP contribution in [-0.4, -0.2) is 85.0 Å². The highest BCUT2D eigenvalue weighted by Gasteiger charge is 2.52. The van der Waals surface area contributed by atoms with Crippen LogP contribution in [0.25, 0.3) is 5.70 Å². The number of allylic oxidation sites excluding steroid dienone is 2. The molecule has 168 valence electrons. The average molecular weight is 429 g/mol. The summed E-state index contributed by atoms with van der Waals surface area (Å²) in [5.74, 6) is 0.907. The molecule has 1 aromatic heterocycles. The molecule has 0 aliphatic carbocycles. The number of ether oxygens (including phenoxy) is 2. The summed E-state index contributed by atoms with van der Waals surface area (Å²) in [4.78, 5) is 23.0. The molecule has 31 heavy (non-hydrogen) atoms. The van der Waals surface area contributed by atoms with Gasteiger partial charge in [0.25, 0.3) is 0 Å². The number of carbonyl (C=O) groups is 1. The van der Waals surface area contributed by atoms with Crippen LogP contribution >= 0.6 is 0 Å². The highest BCUT2D eigenvalue weighted by atomic mass is 16.6. The van der Waals surface area contributed by atoms with Crippen LogP contribution in [0, 0.1) is 0 Å². The van der Waals surface area contributed by atoms with Gasteiger partial charge in [-0.2, -0.15) is 0 Å². The molecule has 1 atom stereocenters. The van der Waals surface area contributed by atoms with Crippen LogP contribution in [0.2, 0.25) is 0 Å². The normalized spacial score (nSPS) is 24.0. The molecule has 1 amide bonds. The number of likely N-dealkylation sites (tertiary alicyclic amines) is 1. The average Bonchev–Trinajstić information content (AvgIpc) is 3.23. The van der Waals surface area contributed by atoms with Gasteiger partial charge in [-0.25, -0.2) is 9.78 Å². The van der Waals surface area contributed by atoms with Gasteiger partial charge in [-0.3, -0.25) is 4.90 Å². The summed E-state index contributed by atoms with van der Waals surface area (Å²) in [5, 5.41) is 0. The van der Waals surface area contributed by atoms with E-state index >= 15 is 0 Å². The van der Waals surface area contributed by atoms with Gasteiger partial charge >= 0.3 is 6.09 Å². The first-order valence-electron chi connectivity index (χ1n) is 10.9. The van der Waals surface area contributed by atoms with E-state index in [1.54, 1.807) is 23.2 Å². The minimum absolute atomic E-state index is 0.196. The Kier molecular flexibility index (Phi) is 6.33. The predicted molar refractivity (Wildman–Crippen MR) is 119 cm³/mol. The molecule has 0 saturated carbocycles. The van der Waals surface area contributed by atoms with E-state index in [0.29, 0.717) is 38.0 Å². The van der Waals surface area contributed by atoms with Crippen molar-refractivity contribution in [3.63, 3.8) is 0 Å². The molecule has 3 aliphatic rings. The second kappa shape index (κ2) is 9.15. The highest BCUT2D eigenvalue weighted by molar-refractivity contribution is 5.73. The van der Waals surface area contributed by atoms with Crippen LogP contribution < -0.4 is 16.4 Å². The van der Waals surface area contributed by atoms with Crippen molar-refractivity contribution in [1.82, 2.24) is 14.8 Å². The minimum Gasteiger partial charge on any atom is -0.450 e. The van der Waals surface area contributed by atoms with Gasteiger partial charge in [0.2, 0.25) is 0 Å². The number of nitrogens with zero attached hydrogens (tertiary/aromatic N) is 4. The van der Waals surface area contributed by atoms with Gasteiger partial charge in [0, 0.05) is 49.7 Å². The summed E-state index contributed by atoms with van der Waals surface area (Å²) in [7, 11) is 0. The Balaban J connectivity index is 1.32. The number of anilines is 1. The molecule has 1 spiro atoms. The highest BCUT2D eigenvalue weighted by Crippen LogP contribution is 2.37. The number of nitrogens with two attached hydrogens (primary N) is 2. The van der Waals surface area contributed by atoms with Crippen LogP contribution in [0.15, 0.2) is 36.7 Å². The molecular weight excluding hydrogens is 396 g/mol. The number of amides is 1. The minimum atomic E-state index is -0.241. The Labute approximate surface area is 183 Å². The number of carbonyl (C=O) groups excluding carboxylic acids is 1. The van der Waals surface area contributed by atoms with Gasteiger partial charge in [0.1, 0.15) is 11.4 Å². The maximum atomic E-state index is 11.9. The number of aromatic nitrogens is 1. The molecule has 1 unspecified atom stereocenters. The lowest BCUT2D eigenvalue weighted by atomic mass is 9.89.